The van der Waals surface area contributed by atoms with Gasteiger partial charge >= 0.3 is 11.9 Å². The molecule has 6 heteroatoms. The maximum absolute atomic E-state index is 11.3. The first-order chi connectivity index (χ1) is 10.9. The van der Waals surface area contributed by atoms with Crippen LogP contribution in [0, 0.1) is 5.92 Å². The van der Waals surface area contributed by atoms with Crippen LogP contribution in [0.4, 0.5) is 0 Å². The van der Waals surface area contributed by atoms with E-state index < -0.39 is 18.0 Å². The summed E-state index contributed by atoms with van der Waals surface area (Å²) in [5, 5.41) is 14.1. The van der Waals surface area contributed by atoms with Gasteiger partial charge in [-0.25, -0.2) is 9.59 Å². The lowest BCUT2D eigenvalue weighted by Crippen LogP contribution is -2.27. The van der Waals surface area contributed by atoms with E-state index in [1.807, 2.05) is 0 Å². The van der Waals surface area contributed by atoms with Crippen molar-refractivity contribution < 1.29 is 24.3 Å². The number of carbonyl (C=O) groups excluding carboxylic acids is 2. The SMILES string of the molecule is CCCCCC/C(=N\OC(C)=O)[C@H](O)[C@H](C)/C=C/C(=O)OCC. The molecule has 23 heavy (non-hydrogen) atoms. The standard InChI is InChI=1S/C17H29NO5/c1-5-7-8-9-10-15(18-23-14(4)19)17(21)13(3)11-12-16(20)22-6-2/h11-13,17,21H,5-10H2,1-4H3/b12-11+,18-15+/t13-,17-/m1/s1. The summed E-state index contributed by atoms with van der Waals surface area (Å²) in [5.74, 6) is -1.33. The number of carbonyl (C=O) groups is 2. The number of nitrogens with zero attached hydrogens (tertiary/aromatic N) is 1. The van der Waals surface area contributed by atoms with E-state index in [1.54, 1.807) is 19.9 Å². The van der Waals surface area contributed by atoms with Crippen LogP contribution in [0.1, 0.15) is 59.8 Å². The summed E-state index contributed by atoms with van der Waals surface area (Å²) >= 11 is 0. The molecule has 0 aromatic rings. The Labute approximate surface area is 138 Å². The summed E-state index contributed by atoms with van der Waals surface area (Å²) in [7, 11) is 0. The number of aliphatic hydroxyl groups excluding tert-OH is 1. The number of ether oxygens (including phenoxy) is 1. The summed E-state index contributed by atoms with van der Waals surface area (Å²) < 4.78 is 4.80. The third-order valence-corrected chi connectivity index (χ3v) is 3.24. The third-order valence-electron chi connectivity index (χ3n) is 3.24. The van der Waals surface area contributed by atoms with E-state index in [-0.39, 0.29) is 5.92 Å². The second-order valence-electron chi connectivity index (χ2n) is 5.39. The normalized spacial score (nSPS) is 14.6. The van der Waals surface area contributed by atoms with Gasteiger partial charge in [-0.2, -0.15) is 0 Å². The smallest absolute Gasteiger partial charge is 0.331 e. The molecule has 0 heterocycles. The number of hydrogen-bond acceptors (Lipinski definition) is 6. The first-order valence-corrected chi connectivity index (χ1v) is 8.19. The fraction of sp³-hybridized carbons (Fsp3) is 0.706. The molecule has 0 rings (SSSR count). The van der Waals surface area contributed by atoms with E-state index in [4.69, 9.17) is 4.74 Å². The molecule has 6 nitrogen and oxygen atoms in total. The highest BCUT2D eigenvalue weighted by Gasteiger charge is 2.19. The molecule has 0 aromatic carbocycles. The summed E-state index contributed by atoms with van der Waals surface area (Å²) in [6, 6.07) is 0. The fourth-order valence-corrected chi connectivity index (χ4v) is 1.93. The highest BCUT2D eigenvalue weighted by atomic mass is 16.7. The van der Waals surface area contributed by atoms with Crippen LogP contribution >= 0.6 is 0 Å². The Morgan fingerprint density at radius 2 is 1.91 bits per heavy atom. The molecule has 0 aliphatic heterocycles. The number of esters is 1. The van der Waals surface area contributed by atoms with Gasteiger partial charge in [-0.05, 0) is 19.8 Å². The predicted molar refractivity (Wildman–Crippen MR) is 88.9 cm³/mol. The molecule has 0 unspecified atom stereocenters. The summed E-state index contributed by atoms with van der Waals surface area (Å²) in [6.07, 6.45) is 6.59. The largest absolute Gasteiger partial charge is 0.463 e. The highest BCUT2D eigenvalue weighted by Crippen LogP contribution is 2.13. The molecule has 0 fully saturated rings. The molecule has 2 atom stereocenters. The quantitative estimate of drug-likeness (QED) is 0.157. The number of rotatable bonds is 11. The van der Waals surface area contributed by atoms with Crippen molar-refractivity contribution in [2.24, 2.45) is 11.1 Å². The summed E-state index contributed by atoms with van der Waals surface area (Å²) in [4.78, 5) is 26.9. The fourth-order valence-electron chi connectivity index (χ4n) is 1.93. The Hall–Kier alpha value is -1.69. The molecule has 132 valence electrons. The van der Waals surface area contributed by atoms with Crippen molar-refractivity contribution in [3.8, 4) is 0 Å². The zero-order valence-electron chi connectivity index (χ0n) is 14.6. The van der Waals surface area contributed by atoms with E-state index in [0.29, 0.717) is 18.7 Å². The minimum Gasteiger partial charge on any atom is -0.463 e. The lowest BCUT2D eigenvalue weighted by molar-refractivity contribution is -0.141. The van der Waals surface area contributed by atoms with Crippen molar-refractivity contribution in [1.29, 1.82) is 0 Å². The Kier molecular flexibility index (Phi) is 11.9. The van der Waals surface area contributed by atoms with E-state index >= 15 is 0 Å². The number of unbranched alkanes of at least 4 members (excludes halogenated alkanes) is 3. The predicted octanol–water partition coefficient (Wildman–Crippen LogP) is 2.99. The van der Waals surface area contributed by atoms with Gasteiger partial charge in [0.25, 0.3) is 0 Å². The minimum atomic E-state index is -0.915. The average molecular weight is 327 g/mol. The Bertz CT molecular complexity index is 417. The van der Waals surface area contributed by atoms with Crippen molar-refractivity contribution in [3.05, 3.63) is 12.2 Å². The molecule has 0 saturated heterocycles. The topological polar surface area (TPSA) is 85.2 Å². The van der Waals surface area contributed by atoms with Crippen molar-refractivity contribution >= 4 is 17.7 Å². The third kappa shape index (κ3) is 10.6. The zero-order chi connectivity index (χ0) is 17.7. The average Bonchev–Trinajstić information content (AvgIpc) is 2.51. The van der Waals surface area contributed by atoms with Crippen molar-refractivity contribution in [2.45, 2.75) is 65.9 Å². The molecular formula is C17H29NO5. The van der Waals surface area contributed by atoms with Crippen molar-refractivity contribution in [1.82, 2.24) is 0 Å². The lowest BCUT2D eigenvalue weighted by atomic mass is 9.96. The first kappa shape index (κ1) is 21.3. The lowest BCUT2D eigenvalue weighted by Gasteiger charge is -2.17. The van der Waals surface area contributed by atoms with Crippen molar-refractivity contribution in [2.75, 3.05) is 6.61 Å². The van der Waals surface area contributed by atoms with E-state index in [0.717, 1.165) is 25.7 Å². The van der Waals surface area contributed by atoms with Crippen LogP contribution in [0.25, 0.3) is 0 Å². The molecule has 0 amide bonds. The van der Waals surface area contributed by atoms with Gasteiger partial charge in [0.15, 0.2) is 0 Å². The minimum absolute atomic E-state index is 0.302. The van der Waals surface area contributed by atoms with Gasteiger partial charge in [-0.3, -0.25) is 0 Å². The van der Waals surface area contributed by atoms with Gasteiger partial charge in [-0.15, -0.1) is 0 Å². The molecule has 1 N–H and O–H groups in total. The molecule has 0 aliphatic carbocycles. The highest BCUT2D eigenvalue weighted by molar-refractivity contribution is 5.89. The van der Waals surface area contributed by atoms with Gasteiger partial charge in [-0.1, -0.05) is 44.3 Å². The van der Waals surface area contributed by atoms with Crippen LogP contribution in [0.3, 0.4) is 0 Å². The second-order valence-corrected chi connectivity index (χ2v) is 5.39. The number of hydrogen-bond donors (Lipinski definition) is 1. The van der Waals surface area contributed by atoms with Gasteiger partial charge in [0.05, 0.1) is 12.3 Å². The number of oxime groups is 1. The van der Waals surface area contributed by atoms with E-state index in [2.05, 4.69) is 16.9 Å². The molecule has 0 aromatic heterocycles. The maximum Gasteiger partial charge on any atom is 0.331 e. The van der Waals surface area contributed by atoms with Crippen LogP contribution in [0.15, 0.2) is 17.3 Å². The monoisotopic (exact) mass is 327 g/mol. The number of aliphatic hydroxyl groups is 1. The molecule has 0 radical (unpaired) electrons. The summed E-state index contributed by atoms with van der Waals surface area (Å²) in [5.41, 5.74) is 0.414. The maximum atomic E-state index is 11.3. The van der Waals surface area contributed by atoms with Crippen LogP contribution in [-0.2, 0) is 19.2 Å². The molecule has 0 aliphatic rings. The Morgan fingerprint density at radius 3 is 2.48 bits per heavy atom. The van der Waals surface area contributed by atoms with Gasteiger partial charge in [0.1, 0.15) is 6.10 Å². The molecular weight excluding hydrogens is 298 g/mol. The second kappa shape index (κ2) is 12.8. The van der Waals surface area contributed by atoms with Gasteiger partial charge < -0.3 is 14.7 Å². The van der Waals surface area contributed by atoms with Gasteiger partial charge in [0.2, 0.25) is 0 Å². The van der Waals surface area contributed by atoms with Crippen LogP contribution < -0.4 is 0 Å². The first-order valence-electron chi connectivity index (χ1n) is 8.19. The van der Waals surface area contributed by atoms with Crippen molar-refractivity contribution in [3.63, 3.8) is 0 Å². The van der Waals surface area contributed by atoms with Crippen LogP contribution in [-0.4, -0.2) is 35.5 Å². The van der Waals surface area contributed by atoms with Crippen LogP contribution in [0.2, 0.25) is 0 Å². The van der Waals surface area contributed by atoms with Gasteiger partial charge in [0, 0.05) is 18.9 Å². The Morgan fingerprint density at radius 1 is 1.22 bits per heavy atom. The molecule has 0 bridgehead atoms. The van der Waals surface area contributed by atoms with E-state index in [9.17, 15) is 14.7 Å². The zero-order valence-corrected chi connectivity index (χ0v) is 14.6. The van der Waals surface area contributed by atoms with Crippen LogP contribution in [0.5, 0.6) is 0 Å². The molecule has 0 spiro atoms. The molecule has 0 saturated carbocycles. The Balaban J connectivity index is 4.74. The van der Waals surface area contributed by atoms with E-state index in [1.165, 1.54) is 13.0 Å². The summed E-state index contributed by atoms with van der Waals surface area (Å²) in [6.45, 7) is 7.16.